The lowest BCUT2D eigenvalue weighted by atomic mass is 10.2. The van der Waals surface area contributed by atoms with Crippen LogP contribution < -0.4 is 4.74 Å². The van der Waals surface area contributed by atoms with Crippen molar-refractivity contribution in [1.82, 2.24) is 19.4 Å². The monoisotopic (exact) mass is 512 g/mol. The normalized spacial score (nSPS) is 12.4. The predicted molar refractivity (Wildman–Crippen MR) is 120 cm³/mol. The molecule has 35 heavy (non-hydrogen) atoms. The Hall–Kier alpha value is -3.32. The number of hydrogen-bond donors (Lipinski definition) is 0. The van der Waals surface area contributed by atoms with Crippen molar-refractivity contribution in [1.29, 1.82) is 0 Å². The maximum Gasteiger partial charge on any atom is 0.422 e. The van der Waals surface area contributed by atoms with Gasteiger partial charge in [0.1, 0.15) is 12.3 Å². The maximum absolute atomic E-state index is 13.3. The molecule has 188 valence electrons. The van der Waals surface area contributed by atoms with Crippen LogP contribution in [0.5, 0.6) is 5.75 Å². The summed E-state index contributed by atoms with van der Waals surface area (Å²) in [4.78, 5) is 34.6. The van der Waals surface area contributed by atoms with Crippen molar-refractivity contribution in [2.75, 3.05) is 26.8 Å². The second-order valence-corrected chi connectivity index (χ2v) is 8.78. The molecule has 0 bridgehead atoms. The Balaban J connectivity index is 1.91. The molecule has 13 heteroatoms. The number of esters is 1. The van der Waals surface area contributed by atoms with Gasteiger partial charge >= 0.3 is 23.3 Å². The Morgan fingerprint density at radius 3 is 2.63 bits per heavy atom. The van der Waals surface area contributed by atoms with Crippen LogP contribution in [0.25, 0.3) is 11.0 Å². The van der Waals surface area contributed by atoms with Crippen LogP contribution in [0.1, 0.15) is 18.2 Å². The van der Waals surface area contributed by atoms with Crippen molar-refractivity contribution in [3.63, 3.8) is 0 Å². The fourth-order valence-electron chi connectivity index (χ4n) is 3.19. The number of hydrogen-bond acceptors (Lipinski definition) is 7. The largest absolute Gasteiger partial charge is 0.609 e. The van der Waals surface area contributed by atoms with Gasteiger partial charge in [-0.05, 0) is 32.0 Å². The van der Waals surface area contributed by atoms with Crippen LogP contribution in [-0.2, 0) is 26.5 Å². The van der Waals surface area contributed by atoms with E-state index in [1.807, 2.05) is 0 Å². The fourth-order valence-corrected chi connectivity index (χ4v) is 4.44. The van der Waals surface area contributed by atoms with Gasteiger partial charge in [0.15, 0.2) is 12.4 Å². The molecule has 0 aliphatic heterocycles. The summed E-state index contributed by atoms with van der Waals surface area (Å²) in [6, 6.07) is 7.28. The van der Waals surface area contributed by atoms with Crippen LogP contribution in [0.15, 0.2) is 41.7 Å². The summed E-state index contributed by atoms with van der Waals surface area (Å²) in [5.41, 5.74) is 1.30. The highest BCUT2D eigenvalue weighted by Gasteiger charge is 2.31. The van der Waals surface area contributed by atoms with Gasteiger partial charge in [-0.15, -0.1) is 0 Å². The third-order valence-electron chi connectivity index (χ3n) is 4.84. The number of imidazole rings is 1. The number of ether oxygens (including phenoxy) is 2. The summed E-state index contributed by atoms with van der Waals surface area (Å²) in [5.74, 6) is -0.873. The topological polar surface area (TPSA) is 110 Å². The van der Waals surface area contributed by atoms with Gasteiger partial charge in [0.2, 0.25) is 0 Å². The minimum absolute atomic E-state index is 0.0388. The lowest BCUT2D eigenvalue weighted by molar-refractivity contribution is -0.153. The lowest BCUT2D eigenvalue weighted by Crippen LogP contribution is -2.37. The molecule has 2 heterocycles. The van der Waals surface area contributed by atoms with Crippen LogP contribution in [0.2, 0.25) is 0 Å². The summed E-state index contributed by atoms with van der Waals surface area (Å²) in [6.45, 7) is 1.50. The van der Waals surface area contributed by atoms with E-state index in [0.29, 0.717) is 16.6 Å². The van der Waals surface area contributed by atoms with Crippen LogP contribution in [0.3, 0.4) is 0 Å². The molecule has 1 aromatic carbocycles. The summed E-state index contributed by atoms with van der Waals surface area (Å²) < 4.78 is 61.8. The number of pyridine rings is 1. The number of likely N-dealkylation sites (N-methyl/N-ethyl adjacent to an activating group) is 1. The van der Waals surface area contributed by atoms with Gasteiger partial charge in [0.05, 0.1) is 23.3 Å². The average molecular weight is 513 g/mol. The first-order valence-corrected chi connectivity index (χ1v) is 11.7. The van der Waals surface area contributed by atoms with Gasteiger partial charge in [0, 0.05) is 30.0 Å². The number of carbonyl (C=O) groups excluding carboxylic acids is 2. The van der Waals surface area contributed by atoms with E-state index in [9.17, 15) is 27.3 Å². The Kier molecular flexibility index (Phi) is 8.22. The van der Waals surface area contributed by atoms with Crippen LogP contribution in [0.4, 0.5) is 18.0 Å². The Labute approximate surface area is 202 Å². The SMILES string of the molecule is CCOC(=O)CN(C)C(=O)n1c([S+]([O-])Cc2nccc(OCC(F)(F)F)c2C)nc2ccccc21. The second kappa shape index (κ2) is 11.0. The molecule has 0 radical (unpaired) electrons. The summed E-state index contributed by atoms with van der Waals surface area (Å²) in [6.07, 6.45) is -3.26. The van der Waals surface area contributed by atoms with Crippen molar-refractivity contribution in [3.05, 3.63) is 47.8 Å². The van der Waals surface area contributed by atoms with Gasteiger partial charge < -0.3 is 18.9 Å². The van der Waals surface area contributed by atoms with E-state index in [1.165, 1.54) is 26.2 Å². The molecule has 3 aromatic rings. The Bertz CT molecular complexity index is 1220. The molecule has 0 aliphatic rings. The average Bonchev–Trinajstić information content (AvgIpc) is 3.18. The lowest BCUT2D eigenvalue weighted by Gasteiger charge is -2.19. The smallest absolute Gasteiger partial charge is 0.422 e. The van der Waals surface area contributed by atoms with Crippen molar-refractivity contribution in [3.8, 4) is 5.75 Å². The molecule has 0 aliphatic carbocycles. The Morgan fingerprint density at radius 1 is 1.23 bits per heavy atom. The molecule has 3 rings (SSSR count). The zero-order chi connectivity index (χ0) is 25.8. The van der Waals surface area contributed by atoms with Crippen LogP contribution in [0, 0.1) is 6.92 Å². The quantitative estimate of drug-likeness (QED) is 0.336. The fraction of sp³-hybridized carbons (Fsp3) is 0.364. The number of rotatable bonds is 8. The van der Waals surface area contributed by atoms with Crippen LogP contribution in [-0.4, -0.2) is 69.0 Å². The van der Waals surface area contributed by atoms with Gasteiger partial charge in [-0.2, -0.15) is 18.2 Å². The summed E-state index contributed by atoms with van der Waals surface area (Å²) in [5, 5.41) is -0.0882. The maximum atomic E-state index is 13.3. The van der Waals surface area contributed by atoms with Gasteiger partial charge in [0.25, 0.3) is 0 Å². The van der Waals surface area contributed by atoms with Crippen molar-refractivity contribution >= 4 is 34.2 Å². The molecule has 1 atom stereocenters. The molecule has 0 saturated carbocycles. The van der Waals surface area contributed by atoms with Gasteiger partial charge in [-0.25, -0.2) is 9.36 Å². The van der Waals surface area contributed by atoms with E-state index in [2.05, 4.69) is 9.97 Å². The molecule has 1 amide bonds. The highest BCUT2D eigenvalue weighted by molar-refractivity contribution is 7.90. The molecule has 0 spiro atoms. The summed E-state index contributed by atoms with van der Waals surface area (Å²) >= 11 is -1.92. The highest BCUT2D eigenvalue weighted by Crippen LogP contribution is 2.27. The number of carbonyl (C=O) groups is 2. The number of fused-ring (bicyclic) bond motifs is 1. The second-order valence-electron chi connectivity index (χ2n) is 7.44. The first kappa shape index (κ1) is 26.3. The number of benzene rings is 1. The number of halogens is 3. The first-order chi connectivity index (χ1) is 16.5. The predicted octanol–water partition coefficient (Wildman–Crippen LogP) is 3.45. The van der Waals surface area contributed by atoms with E-state index in [-0.39, 0.29) is 35.5 Å². The minimum Gasteiger partial charge on any atom is -0.609 e. The Morgan fingerprint density at radius 2 is 1.94 bits per heavy atom. The van der Waals surface area contributed by atoms with Crippen molar-refractivity contribution < 1.29 is 36.8 Å². The van der Waals surface area contributed by atoms with Crippen LogP contribution >= 0.6 is 0 Å². The van der Waals surface area contributed by atoms with Crippen molar-refractivity contribution in [2.45, 2.75) is 30.9 Å². The highest BCUT2D eigenvalue weighted by atomic mass is 32.2. The summed E-state index contributed by atoms with van der Waals surface area (Å²) in [7, 11) is 1.40. The molecule has 0 N–H and O–H groups in total. The minimum atomic E-state index is -4.51. The number of aromatic nitrogens is 3. The number of amides is 1. The van der Waals surface area contributed by atoms with E-state index >= 15 is 0 Å². The standard InChI is InChI=1S/C22H23F3N4O5S/c1-4-33-19(30)11-28(3)21(31)29-17-8-6-5-7-15(17)27-20(29)35(32)12-16-14(2)18(9-10-26-16)34-13-22(23,24)25/h5-10H,4,11-13H2,1-3H3. The zero-order valence-corrected chi connectivity index (χ0v) is 20.0. The third kappa shape index (κ3) is 6.42. The number of alkyl halides is 3. The number of para-hydroxylation sites is 2. The molecule has 0 saturated heterocycles. The molecular formula is C22H23F3N4O5S. The number of nitrogens with zero attached hydrogens (tertiary/aromatic N) is 4. The molecular weight excluding hydrogens is 489 g/mol. The first-order valence-electron chi connectivity index (χ1n) is 10.4. The van der Waals surface area contributed by atoms with E-state index in [4.69, 9.17) is 9.47 Å². The zero-order valence-electron chi connectivity index (χ0n) is 19.2. The van der Waals surface area contributed by atoms with Crippen molar-refractivity contribution in [2.24, 2.45) is 0 Å². The van der Waals surface area contributed by atoms with E-state index < -0.39 is 36.0 Å². The third-order valence-corrected chi connectivity index (χ3v) is 6.06. The molecule has 0 fully saturated rings. The van der Waals surface area contributed by atoms with E-state index in [1.54, 1.807) is 31.2 Å². The van der Waals surface area contributed by atoms with Gasteiger partial charge in [-0.3, -0.25) is 9.78 Å². The molecule has 9 nitrogen and oxygen atoms in total. The molecule has 1 unspecified atom stereocenters. The van der Waals surface area contributed by atoms with E-state index in [0.717, 1.165) is 9.47 Å². The molecule has 2 aromatic heterocycles. The van der Waals surface area contributed by atoms with Gasteiger partial charge in [-0.1, -0.05) is 12.1 Å².